The van der Waals surface area contributed by atoms with Gasteiger partial charge in [-0.25, -0.2) is 8.42 Å². The van der Waals surface area contributed by atoms with Gasteiger partial charge in [-0.3, -0.25) is 0 Å². The van der Waals surface area contributed by atoms with Gasteiger partial charge >= 0.3 is 0 Å². The second-order valence-corrected chi connectivity index (χ2v) is 6.72. The first-order chi connectivity index (χ1) is 5.31. The van der Waals surface area contributed by atoms with Crippen molar-refractivity contribution in [3.05, 3.63) is 0 Å². The van der Waals surface area contributed by atoms with Crippen LogP contribution >= 0.6 is 0 Å². The van der Waals surface area contributed by atoms with E-state index in [0.29, 0.717) is 12.3 Å². The summed E-state index contributed by atoms with van der Waals surface area (Å²) in [5.74, 6) is 0.579. The van der Waals surface area contributed by atoms with Gasteiger partial charge < -0.3 is 5.32 Å². The maximum absolute atomic E-state index is 11.3. The molecular formula is C8H17NO2S. The molecular weight excluding hydrogens is 174 g/mol. The van der Waals surface area contributed by atoms with Crippen LogP contribution in [0.5, 0.6) is 0 Å². The van der Waals surface area contributed by atoms with Crippen LogP contribution in [-0.4, -0.2) is 32.5 Å². The Labute approximate surface area is 74.5 Å². The van der Waals surface area contributed by atoms with Crippen molar-refractivity contribution in [3.8, 4) is 0 Å². The Balaban J connectivity index is 2.71. The van der Waals surface area contributed by atoms with Crippen LogP contribution < -0.4 is 5.32 Å². The van der Waals surface area contributed by atoms with Gasteiger partial charge in [0, 0.05) is 12.6 Å². The van der Waals surface area contributed by atoms with Gasteiger partial charge in [0.25, 0.3) is 0 Å². The van der Waals surface area contributed by atoms with Crippen molar-refractivity contribution < 1.29 is 8.42 Å². The summed E-state index contributed by atoms with van der Waals surface area (Å²) in [4.78, 5) is 0. The number of sulfone groups is 1. The molecule has 3 nitrogen and oxygen atoms in total. The molecule has 1 rings (SSSR count). The molecule has 1 aliphatic rings. The molecule has 1 saturated heterocycles. The first-order valence-electron chi connectivity index (χ1n) is 4.25. The second kappa shape index (κ2) is 3.00. The van der Waals surface area contributed by atoms with E-state index < -0.39 is 9.84 Å². The van der Waals surface area contributed by atoms with E-state index in [9.17, 15) is 8.42 Å². The lowest BCUT2D eigenvalue weighted by molar-refractivity contribution is 0.286. The normalized spacial score (nSPS) is 30.1. The highest BCUT2D eigenvalue weighted by Crippen LogP contribution is 2.22. The minimum absolute atomic E-state index is 0.0352. The van der Waals surface area contributed by atoms with Gasteiger partial charge in [-0.05, 0) is 5.41 Å². The lowest BCUT2D eigenvalue weighted by atomic mass is 9.88. The Morgan fingerprint density at radius 2 is 1.92 bits per heavy atom. The molecule has 4 heteroatoms. The summed E-state index contributed by atoms with van der Waals surface area (Å²) in [6.07, 6.45) is 0. The van der Waals surface area contributed by atoms with Crippen LogP contribution in [0.15, 0.2) is 0 Å². The van der Waals surface area contributed by atoms with E-state index in [4.69, 9.17) is 0 Å². The lowest BCUT2D eigenvalue weighted by Gasteiger charge is -2.34. The molecule has 0 bridgehead atoms. The Kier molecular flexibility index (Phi) is 2.50. The third-order valence-electron chi connectivity index (χ3n) is 2.27. The Bertz CT molecular complexity index is 251. The average Bonchev–Trinajstić information content (AvgIpc) is 1.83. The second-order valence-electron chi connectivity index (χ2n) is 4.49. The quantitative estimate of drug-likeness (QED) is 0.603. The van der Waals surface area contributed by atoms with Gasteiger partial charge in [0.15, 0.2) is 9.84 Å². The zero-order valence-electron chi connectivity index (χ0n) is 7.92. The molecule has 0 aromatic rings. The fourth-order valence-corrected chi connectivity index (χ4v) is 3.06. The Morgan fingerprint density at radius 3 is 2.25 bits per heavy atom. The smallest absolute Gasteiger partial charge is 0.153 e. The SMILES string of the molecule is CC(C)(C)[C@@H]1CS(=O)(=O)CCN1. The molecule has 12 heavy (non-hydrogen) atoms. The van der Waals surface area contributed by atoms with Gasteiger partial charge in [0.2, 0.25) is 0 Å². The van der Waals surface area contributed by atoms with E-state index in [1.54, 1.807) is 0 Å². The van der Waals surface area contributed by atoms with Crippen LogP contribution in [0.4, 0.5) is 0 Å². The maximum Gasteiger partial charge on any atom is 0.153 e. The average molecular weight is 191 g/mol. The summed E-state index contributed by atoms with van der Waals surface area (Å²) in [5, 5.41) is 3.24. The molecule has 1 N–H and O–H groups in total. The molecule has 0 amide bonds. The fourth-order valence-electron chi connectivity index (χ4n) is 1.34. The molecule has 1 aliphatic heterocycles. The first-order valence-corrected chi connectivity index (χ1v) is 6.07. The van der Waals surface area contributed by atoms with Crippen molar-refractivity contribution in [3.63, 3.8) is 0 Å². The lowest BCUT2D eigenvalue weighted by Crippen LogP contribution is -2.51. The van der Waals surface area contributed by atoms with E-state index in [0.717, 1.165) is 0 Å². The van der Waals surface area contributed by atoms with Crippen LogP contribution in [0.3, 0.4) is 0 Å². The van der Waals surface area contributed by atoms with Crippen molar-refractivity contribution >= 4 is 9.84 Å². The highest BCUT2D eigenvalue weighted by atomic mass is 32.2. The third-order valence-corrected chi connectivity index (χ3v) is 3.94. The molecule has 0 spiro atoms. The molecule has 1 atom stereocenters. The summed E-state index contributed by atoms with van der Waals surface area (Å²) < 4.78 is 22.5. The Morgan fingerprint density at radius 1 is 1.33 bits per heavy atom. The summed E-state index contributed by atoms with van der Waals surface area (Å²) in [7, 11) is -2.78. The Hall–Kier alpha value is -0.0900. The standard InChI is InChI=1S/C8H17NO2S/c1-8(2,3)7-6-12(10,11)5-4-9-7/h7,9H,4-6H2,1-3H3/t7-/m0/s1. The molecule has 0 aromatic carbocycles. The predicted molar refractivity (Wildman–Crippen MR) is 49.9 cm³/mol. The van der Waals surface area contributed by atoms with E-state index in [1.165, 1.54) is 0 Å². The topological polar surface area (TPSA) is 46.2 Å². The summed E-state index contributed by atoms with van der Waals surface area (Å²) in [6.45, 7) is 6.78. The van der Waals surface area contributed by atoms with E-state index >= 15 is 0 Å². The molecule has 0 saturated carbocycles. The van der Waals surface area contributed by atoms with Gasteiger partial charge in [-0.2, -0.15) is 0 Å². The van der Waals surface area contributed by atoms with E-state index in [2.05, 4.69) is 26.1 Å². The summed E-state index contributed by atoms with van der Waals surface area (Å²) >= 11 is 0. The number of rotatable bonds is 0. The monoisotopic (exact) mass is 191 g/mol. The van der Waals surface area contributed by atoms with Gasteiger partial charge in [-0.15, -0.1) is 0 Å². The molecule has 0 aromatic heterocycles. The summed E-state index contributed by atoms with van der Waals surface area (Å²) in [5.41, 5.74) is 0.0352. The van der Waals surface area contributed by atoms with E-state index in [1.807, 2.05) is 0 Å². The van der Waals surface area contributed by atoms with Crippen LogP contribution in [0.25, 0.3) is 0 Å². The molecule has 0 unspecified atom stereocenters. The first kappa shape index (κ1) is 9.99. The molecule has 1 fully saturated rings. The zero-order chi connectivity index (χ0) is 9.41. The fraction of sp³-hybridized carbons (Fsp3) is 1.00. The van der Waals surface area contributed by atoms with Crippen molar-refractivity contribution in [1.29, 1.82) is 0 Å². The minimum atomic E-state index is -2.78. The summed E-state index contributed by atoms with van der Waals surface area (Å²) in [6, 6.07) is 0.108. The largest absolute Gasteiger partial charge is 0.311 e. The van der Waals surface area contributed by atoms with Crippen LogP contribution in [0.2, 0.25) is 0 Å². The van der Waals surface area contributed by atoms with E-state index in [-0.39, 0.29) is 17.2 Å². The molecule has 72 valence electrons. The predicted octanol–water partition coefficient (Wildman–Crippen LogP) is 0.419. The number of nitrogens with one attached hydrogen (secondary N) is 1. The molecule has 0 aliphatic carbocycles. The highest BCUT2D eigenvalue weighted by molar-refractivity contribution is 7.91. The zero-order valence-corrected chi connectivity index (χ0v) is 8.74. The number of hydrogen-bond donors (Lipinski definition) is 1. The number of hydrogen-bond acceptors (Lipinski definition) is 3. The molecule has 0 radical (unpaired) electrons. The van der Waals surface area contributed by atoms with Gasteiger partial charge in [0.05, 0.1) is 11.5 Å². The third kappa shape index (κ3) is 2.45. The van der Waals surface area contributed by atoms with Gasteiger partial charge in [0.1, 0.15) is 0 Å². The van der Waals surface area contributed by atoms with Crippen molar-refractivity contribution in [2.75, 3.05) is 18.1 Å². The van der Waals surface area contributed by atoms with Crippen LogP contribution in [-0.2, 0) is 9.84 Å². The minimum Gasteiger partial charge on any atom is -0.311 e. The van der Waals surface area contributed by atoms with Crippen molar-refractivity contribution in [2.45, 2.75) is 26.8 Å². The van der Waals surface area contributed by atoms with Crippen LogP contribution in [0, 0.1) is 5.41 Å². The highest BCUT2D eigenvalue weighted by Gasteiger charge is 2.32. The van der Waals surface area contributed by atoms with Crippen molar-refractivity contribution in [2.24, 2.45) is 5.41 Å². The molecule has 1 heterocycles. The maximum atomic E-state index is 11.3. The van der Waals surface area contributed by atoms with Crippen molar-refractivity contribution in [1.82, 2.24) is 5.32 Å². The van der Waals surface area contributed by atoms with Gasteiger partial charge in [-0.1, -0.05) is 20.8 Å². The van der Waals surface area contributed by atoms with Crippen LogP contribution in [0.1, 0.15) is 20.8 Å².